The molecule has 24 heavy (non-hydrogen) atoms. The second-order valence-electron chi connectivity index (χ2n) is 7.57. The second-order valence-corrected chi connectivity index (χ2v) is 7.57. The maximum absolute atomic E-state index is 12.9. The molecule has 0 aromatic heterocycles. The third-order valence-corrected chi connectivity index (χ3v) is 5.84. The number of hydrogen-bond donors (Lipinski definition) is 1. The number of hydrogen-bond acceptors (Lipinski definition) is 3. The summed E-state index contributed by atoms with van der Waals surface area (Å²) in [6.45, 7) is 5.56. The Labute approximate surface area is 144 Å². The van der Waals surface area contributed by atoms with Crippen LogP contribution in [0.2, 0.25) is 0 Å². The molecule has 3 aliphatic rings. The lowest BCUT2D eigenvalue weighted by Crippen LogP contribution is -2.52. The smallest absolute Gasteiger partial charge is 0.320 e. The molecule has 1 saturated heterocycles. The van der Waals surface area contributed by atoms with Gasteiger partial charge in [0.05, 0.1) is 18.6 Å². The Morgan fingerprint density at radius 1 is 1.17 bits per heavy atom. The Morgan fingerprint density at radius 2 is 1.88 bits per heavy atom. The summed E-state index contributed by atoms with van der Waals surface area (Å²) in [7, 11) is 0. The third kappa shape index (κ3) is 4.21. The molecule has 0 aromatic carbocycles. The van der Waals surface area contributed by atoms with Gasteiger partial charge in [0.1, 0.15) is 0 Å². The van der Waals surface area contributed by atoms with Crippen LogP contribution < -0.4 is 0 Å². The molecule has 1 unspecified atom stereocenters. The van der Waals surface area contributed by atoms with Crippen molar-refractivity contribution < 1.29 is 19.4 Å². The fourth-order valence-corrected chi connectivity index (χ4v) is 4.05. The molecule has 1 heterocycles. The fourth-order valence-electron chi connectivity index (χ4n) is 4.05. The van der Waals surface area contributed by atoms with Gasteiger partial charge in [-0.05, 0) is 57.3 Å². The summed E-state index contributed by atoms with van der Waals surface area (Å²) in [6, 6.07) is 0.131. The van der Waals surface area contributed by atoms with Crippen LogP contribution in [0.25, 0.3) is 0 Å². The van der Waals surface area contributed by atoms with Crippen LogP contribution in [0.15, 0.2) is 0 Å². The standard InChI is InChI=1S/C18H30N2O4/c1-2-19(11-13-3-5-15(6-4-13)17(21)22)18(23)20-9-10-24-16(12-20)14-7-8-14/h13-16H,2-12H2,1H3,(H,21,22). The highest BCUT2D eigenvalue weighted by Gasteiger charge is 2.37. The lowest BCUT2D eigenvalue weighted by atomic mass is 9.82. The van der Waals surface area contributed by atoms with Crippen LogP contribution in [0.5, 0.6) is 0 Å². The van der Waals surface area contributed by atoms with Crippen LogP contribution in [0.1, 0.15) is 45.4 Å². The van der Waals surface area contributed by atoms with Crippen molar-refractivity contribution in [3.05, 3.63) is 0 Å². The number of rotatable bonds is 5. The molecule has 0 aromatic rings. The molecular formula is C18H30N2O4. The summed E-state index contributed by atoms with van der Waals surface area (Å²) in [6.07, 6.45) is 6.00. The van der Waals surface area contributed by atoms with Gasteiger partial charge in [0.2, 0.25) is 0 Å². The monoisotopic (exact) mass is 338 g/mol. The molecule has 2 aliphatic carbocycles. The normalized spacial score (nSPS) is 30.9. The molecule has 1 atom stereocenters. The first-order chi connectivity index (χ1) is 11.6. The van der Waals surface area contributed by atoms with Crippen LogP contribution in [0.3, 0.4) is 0 Å². The minimum Gasteiger partial charge on any atom is -0.481 e. The van der Waals surface area contributed by atoms with E-state index in [0.29, 0.717) is 31.5 Å². The van der Waals surface area contributed by atoms with Crippen molar-refractivity contribution in [3.63, 3.8) is 0 Å². The lowest BCUT2D eigenvalue weighted by Gasteiger charge is -2.38. The van der Waals surface area contributed by atoms with E-state index in [1.165, 1.54) is 12.8 Å². The molecule has 0 bridgehead atoms. The van der Waals surface area contributed by atoms with Gasteiger partial charge >= 0.3 is 12.0 Å². The van der Waals surface area contributed by atoms with Crippen LogP contribution in [0.4, 0.5) is 4.79 Å². The molecule has 3 fully saturated rings. The zero-order valence-corrected chi connectivity index (χ0v) is 14.7. The minimum atomic E-state index is -0.670. The Kier molecular flexibility index (Phi) is 5.64. The van der Waals surface area contributed by atoms with Gasteiger partial charge < -0.3 is 19.6 Å². The number of carbonyl (C=O) groups is 2. The maximum Gasteiger partial charge on any atom is 0.320 e. The van der Waals surface area contributed by atoms with Gasteiger partial charge in [-0.3, -0.25) is 4.79 Å². The number of carboxylic acids is 1. The van der Waals surface area contributed by atoms with Gasteiger partial charge in [0.25, 0.3) is 0 Å². The van der Waals surface area contributed by atoms with E-state index in [-0.39, 0.29) is 18.1 Å². The summed E-state index contributed by atoms with van der Waals surface area (Å²) in [5, 5.41) is 9.10. The molecule has 136 valence electrons. The van der Waals surface area contributed by atoms with Crippen LogP contribution in [-0.4, -0.2) is 65.8 Å². The Hall–Kier alpha value is -1.30. The quantitative estimate of drug-likeness (QED) is 0.836. The SMILES string of the molecule is CCN(CC1CCC(C(=O)O)CC1)C(=O)N1CCOC(C2CC2)C1. The predicted molar refractivity (Wildman–Crippen MR) is 89.8 cm³/mol. The highest BCUT2D eigenvalue weighted by atomic mass is 16.5. The summed E-state index contributed by atoms with van der Waals surface area (Å²) < 4.78 is 5.81. The molecule has 6 nitrogen and oxygen atoms in total. The van der Waals surface area contributed by atoms with Gasteiger partial charge in [0.15, 0.2) is 0 Å². The highest BCUT2D eigenvalue weighted by molar-refractivity contribution is 5.74. The average Bonchev–Trinajstić information content (AvgIpc) is 3.44. The topological polar surface area (TPSA) is 70.1 Å². The van der Waals surface area contributed by atoms with Crippen molar-refractivity contribution in [3.8, 4) is 0 Å². The number of carboxylic acid groups (broad SMARTS) is 1. The van der Waals surface area contributed by atoms with E-state index >= 15 is 0 Å². The molecule has 2 saturated carbocycles. The summed E-state index contributed by atoms with van der Waals surface area (Å²) in [4.78, 5) is 27.8. The number of carbonyl (C=O) groups excluding carboxylic acids is 1. The van der Waals surface area contributed by atoms with Gasteiger partial charge in [-0.1, -0.05) is 0 Å². The van der Waals surface area contributed by atoms with Gasteiger partial charge in [-0.25, -0.2) is 4.79 Å². The minimum absolute atomic E-state index is 0.131. The molecule has 1 aliphatic heterocycles. The van der Waals surface area contributed by atoms with Crippen molar-refractivity contribution in [1.82, 2.24) is 9.80 Å². The Balaban J connectivity index is 1.50. The van der Waals surface area contributed by atoms with E-state index in [4.69, 9.17) is 9.84 Å². The van der Waals surface area contributed by atoms with Crippen molar-refractivity contribution in [2.24, 2.45) is 17.8 Å². The molecule has 2 amide bonds. The van der Waals surface area contributed by atoms with Crippen LogP contribution in [-0.2, 0) is 9.53 Å². The molecule has 0 radical (unpaired) electrons. The average molecular weight is 338 g/mol. The number of ether oxygens (including phenoxy) is 1. The van der Waals surface area contributed by atoms with E-state index < -0.39 is 5.97 Å². The van der Waals surface area contributed by atoms with E-state index in [1.54, 1.807) is 0 Å². The van der Waals surface area contributed by atoms with E-state index in [9.17, 15) is 9.59 Å². The highest BCUT2D eigenvalue weighted by Crippen LogP contribution is 2.36. The molecule has 3 rings (SSSR count). The van der Waals surface area contributed by atoms with E-state index in [0.717, 1.165) is 38.8 Å². The largest absolute Gasteiger partial charge is 0.481 e. The fraction of sp³-hybridized carbons (Fsp3) is 0.889. The predicted octanol–water partition coefficient (Wildman–Crippen LogP) is 2.43. The van der Waals surface area contributed by atoms with Crippen molar-refractivity contribution >= 4 is 12.0 Å². The zero-order valence-electron chi connectivity index (χ0n) is 14.7. The number of nitrogens with zero attached hydrogens (tertiary/aromatic N) is 2. The number of amides is 2. The number of morpholine rings is 1. The van der Waals surface area contributed by atoms with Crippen molar-refractivity contribution in [2.45, 2.75) is 51.6 Å². The van der Waals surface area contributed by atoms with Gasteiger partial charge in [0, 0.05) is 26.2 Å². The molecular weight excluding hydrogens is 308 g/mol. The first-order valence-electron chi connectivity index (χ1n) is 9.46. The zero-order chi connectivity index (χ0) is 17.1. The number of aliphatic carboxylic acids is 1. The first kappa shape index (κ1) is 17.5. The van der Waals surface area contributed by atoms with Crippen molar-refractivity contribution in [2.75, 3.05) is 32.8 Å². The summed E-state index contributed by atoms with van der Waals surface area (Å²) in [5.74, 6) is 0.230. The van der Waals surface area contributed by atoms with Crippen LogP contribution >= 0.6 is 0 Å². The van der Waals surface area contributed by atoms with E-state index in [1.807, 2.05) is 16.7 Å². The third-order valence-electron chi connectivity index (χ3n) is 5.84. The maximum atomic E-state index is 12.9. The van der Waals surface area contributed by atoms with E-state index in [2.05, 4.69) is 0 Å². The lowest BCUT2D eigenvalue weighted by molar-refractivity contribution is -0.143. The van der Waals surface area contributed by atoms with Gasteiger partial charge in [-0.2, -0.15) is 0 Å². The van der Waals surface area contributed by atoms with Gasteiger partial charge in [-0.15, -0.1) is 0 Å². The summed E-state index contributed by atoms with van der Waals surface area (Å²) in [5.41, 5.74) is 0. The second kappa shape index (κ2) is 7.72. The molecule has 1 N–H and O–H groups in total. The van der Waals surface area contributed by atoms with Crippen molar-refractivity contribution in [1.29, 1.82) is 0 Å². The summed E-state index contributed by atoms with van der Waals surface area (Å²) >= 11 is 0. The van der Waals surface area contributed by atoms with Crippen LogP contribution in [0, 0.1) is 17.8 Å². The molecule has 0 spiro atoms. The Morgan fingerprint density at radius 3 is 2.46 bits per heavy atom. The first-order valence-corrected chi connectivity index (χ1v) is 9.46. The Bertz CT molecular complexity index is 458. The molecule has 6 heteroatoms. The number of urea groups is 1.